The van der Waals surface area contributed by atoms with Crippen LogP contribution in [0.1, 0.15) is 11.3 Å². The number of hydrogen-bond donors (Lipinski definition) is 2. The number of rotatable bonds is 8. The van der Waals surface area contributed by atoms with Crippen LogP contribution < -0.4 is 5.32 Å². The van der Waals surface area contributed by atoms with Crippen molar-refractivity contribution in [3.63, 3.8) is 0 Å². The predicted octanol–water partition coefficient (Wildman–Crippen LogP) is 0.386. The van der Waals surface area contributed by atoms with Gasteiger partial charge in [-0.15, -0.1) is 0 Å². The van der Waals surface area contributed by atoms with Gasteiger partial charge in [-0.3, -0.25) is 5.10 Å². The molecule has 5 heteroatoms. The van der Waals surface area contributed by atoms with E-state index in [-0.39, 0.29) is 0 Å². The zero-order valence-corrected chi connectivity index (χ0v) is 10.4. The zero-order valence-electron chi connectivity index (χ0n) is 10.4. The summed E-state index contributed by atoms with van der Waals surface area (Å²) in [5, 5.41) is 10.2. The third-order valence-electron chi connectivity index (χ3n) is 2.36. The van der Waals surface area contributed by atoms with Crippen LogP contribution in [0.2, 0.25) is 0 Å². The minimum absolute atomic E-state index is 0.755. The van der Waals surface area contributed by atoms with E-state index in [0.29, 0.717) is 0 Å². The fraction of sp³-hybridized carbons (Fsp3) is 0.727. The van der Waals surface area contributed by atoms with E-state index in [9.17, 15) is 0 Å². The molecule has 0 saturated carbocycles. The quantitative estimate of drug-likeness (QED) is 0.630. The molecule has 0 aliphatic heterocycles. The molecule has 0 amide bonds. The summed E-state index contributed by atoms with van der Waals surface area (Å²) < 4.78 is 5.47. The van der Waals surface area contributed by atoms with Gasteiger partial charge in [0, 0.05) is 30.9 Å². The van der Waals surface area contributed by atoms with Gasteiger partial charge in [-0.1, -0.05) is 0 Å². The summed E-state index contributed by atoms with van der Waals surface area (Å²) in [6.45, 7) is 6.26. The second-order valence-electron chi connectivity index (χ2n) is 4.11. The number of hydrogen-bond acceptors (Lipinski definition) is 4. The number of H-pyrrole nitrogens is 1. The molecule has 2 N–H and O–H groups in total. The highest BCUT2D eigenvalue weighted by Crippen LogP contribution is 2.00. The van der Waals surface area contributed by atoms with E-state index >= 15 is 0 Å². The summed E-state index contributed by atoms with van der Waals surface area (Å²) in [4.78, 5) is 2.11. The van der Waals surface area contributed by atoms with Gasteiger partial charge in [-0.2, -0.15) is 5.10 Å². The van der Waals surface area contributed by atoms with Crippen LogP contribution in [0.15, 0.2) is 6.20 Å². The third-order valence-corrected chi connectivity index (χ3v) is 2.36. The lowest BCUT2D eigenvalue weighted by molar-refractivity contribution is 0.119. The SMILES string of the molecule is Cc1[nH]ncc1CNCCOCCN(C)C. The Balaban J connectivity index is 1.94. The molecule has 0 radical (unpaired) electrons. The second kappa shape index (κ2) is 7.38. The molecular formula is C11H22N4O. The lowest BCUT2D eigenvalue weighted by Crippen LogP contribution is -2.23. The summed E-state index contributed by atoms with van der Waals surface area (Å²) in [7, 11) is 4.09. The molecule has 0 bridgehead atoms. The van der Waals surface area contributed by atoms with E-state index in [4.69, 9.17) is 4.74 Å². The van der Waals surface area contributed by atoms with Gasteiger partial charge in [0.15, 0.2) is 0 Å². The van der Waals surface area contributed by atoms with Crippen LogP contribution in [0.3, 0.4) is 0 Å². The van der Waals surface area contributed by atoms with E-state index < -0.39 is 0 Å². The van der Waals surface area contributed by atoms with Crippen molar-refractivity contribution in [3.05, 3.63) is 17.5 Å². The number of aryl methyl sites for hydroxylation is 1. The molecule has 0 fully saturated rings. The van der Waals surface area contributed by atoms with Crippen LogP contribution in [0.25, 0.3) is 0 Å². The van der Waals surface area contributed by atoms with Gasteiger partial charge in [0.05, 0.1) is 19.4 Å². The molecule has 1 heterocycles. The Morgan fingerprint density at radius 1 is 1.44 bits per heavy atom. The van der Waals surface area contributed by atoms with Crippen molar-refractivity contribution >= 4 is 0 Å². The maximum absolute atomic E-state index is 5.47. The molecule has 0 aliphatic carbocycles. The van der Waals surface area contributed by atoms with Crippen LogP contribution in [0.5, 0.6) is 0 Å². The molecule has 5 nitrogen and oxygen atoms in total. The van der Waals surface area contributed by atoms with Gasteiger partial charge >= 0.3 is 0 Å². The van der Waals surface area contributed by atoms with Gasteiger partial charge in [0.2, 0.25) is 0 Å². The largest absolute Gasteiger partial charge is 0.379 e. The zero-order chi connectivity index (χ0) is 11.8. The van der Waals surface area contributed by atoms with Crippen molar-refractivity contribution in [1.82, 2.24) is 20.4 Å². The van der Waals surface area contributed by atoms with Gasteiger partial charge in [-0.05, 0) is 21.0 Å². The minimum atomic E-state index is 0.755. The molecule has 0 atom stereocenters. The normalized spacial score (nSPS) is 11.2. The highest BCUT2D eigenvalue weighted by molar-refractivity contribution is 5.13. The Labute approximate surface area is 97.2 Å². The Morgan fingerprint density at radius 3 is 2.88 bits per heavy atom. The van der Waals surface area contributed by atoms with Gasteiger partial charge in [0.1, 0.15) is 0 Å². The number of nitrogens with one attached hydrogen (secondary N) is 2. The first-order valence-corrected chi connectivity index (χ1v) is 5.62. The molecule has 0 spiro atoms. The average Bonchev–Trinajstić information content (AvgIpc) is 2.62. The van der Waals surface area contributed by atoms with Crippen molar-refractivity contribution in [2.24, 2.45) is 0 Å². The smallest absolute Gasteiger partial charge is 0.0593 e. The fourth-order valence-corrected chi connectivity index (χ4v) is 1.27. The van der Waals surface area contributed by atoms with E-state index in [0.717, 1.165) is 38.5 Å². The Bertz CT molecular complexity index is 285. The Hall–Kier alpha value is -0.910. The lowest BCUT2D eigenvalue weighted by atomic mass is 10.3. The van der Waals surface area contributed by atoms with Crippen LogP contribution in [-0.2, 0) is 11.3 Å². The summed E-state index contributed by atoms with van der Waals surface area (Å²) in [5.41, 5.74) is 2.34. The molecule has 1 aromatic rings. The predicted molar refractivity (Wildman–Crippen MR) is 64.4 cm³/mol. The third kappa shape index (κ3) is 5.25. The van der Waals surface area contributed by atoms with Crippen molar-refractivity contribution in [3.8, 4) is 0 Å². The van der Waals surface area contributed by atoms with Crippen molar-refractivity contribution in [2.45, 2.75) is 13.5 Å². The first-order chi connectivity index (χ1) is 7.70. The molecular weight excluding hydrogens is 204 g/mol. The monoisotopic (exact) mass is 226 g/mol. The summed E-state index contributed by atoms with van der Waals surface area (Å²) >= 11 is 0. The number of nitrogens with zero attached hydrogens (tertiary/aromatic N) is 2. The van der Waals surface area contributed by atoms with E-state index in [2.05, 4.69) is 20.4 Å². The maximum atomic E-state index is 5.47. The number of likely N-dealkylation sites (N-methyl/N-ethyl adjacent to an activating group) is 1. The topological polar surface area (TPSA) is 53.2 Å². The number of aromatic amines is 1. The molecule has 0 saturated heterocycles. The molecule has 1 rings (SSSR count). The van der Waals surface area contributed by atoms with Crippen molar-refractivity contribution < 1.29 is 4.74 Å². The van der Waals surface area contributed by atoms with Gasteiger partial charge < -0.3 is 15.0 Å². The van der Waals surface area contributed by atoms with Crippen LogP contribution in [-0.4, -0.2) is 55.5 Å². The summed E-state index contributed by atoms with van der Waals surface area (Å²) in [6.07, 6.45) is 1.86. The van der Waals surface area contributed by atoms with Gasteiger partial charge in [-0.25, -0.2) is 0 Å². The number of ether oxygens (including phenoxy) is 1. The standard InChI is InChI=1S/C11H22N4O/c1-10-11(9-13-14-10)8-12-4-6-16-7-5-15(2)3/h9,12H,4-8H2,1-3H3,(H,13,14). The van der Waals surface area contributed by atoms with Crippen molar-refractivity contribution in [1.29, 1.82) is 0 Å². The fourth-order valence-electron chi connectivity index (χ4n) is 1.27. The molecule has 0 unspecified atom stereocenters. The van der Waals surface area contributed by atoms with E-state index in [1.807, 2.05) is 27.2 Å². The van der Waals surface area contributed by atoms with Gasteiger partial charge in [0.25, 0.3) is 0 Å². The lowest BCUT2D eigenvalue weighted by Gasteiger charge is -2.10. The summed E-state index contributed by atoms with van der Waals surface area (Å²) in [5.74, 6) is 0. The molecule has 0 aliphatic rings. The second-order valence-corrected chi connectivity index (χ2v) is 4.11. The maximum Gasteiger partial charge on any atom is 0.0593 e. The van der Waals surface area contributed by atoms with Crippen LogP contribution >= 0.6 is 0 Å². The Morgan fingerprint density at radius 2 is 2.25 bits per heavy atom. The summed E-state index contributed by atoms with van der Waals surface area (Å²) in [6, 6.07) is 0. The first-order valence-electron chi connectivity index (χ1n) is 5.62. The minimum Gasteiger partial charge on any atom is -0.379 e. The van der Waals surface area contributed by atoms with Crippen LogP contribution in [0.4, 0.5) is 0 Å². The molecule has 92 valence electrons. The Kier molecular flexibility index (Phi) is 6.07. The highest BCUT2D eigenvalue weighted by atomic mass is 16.5. The van der Waals surface area contributed by atoms with Crippen LogP contribution in [0, 0.1) is 6.92 Å². The average molecular weight is 226 g/mol. The molecule has 0 aromatic carbocycles. The van der Waals surface area contributed by atoms with Crippen molar-refractivity contribution in [2.75, 3.05) is 40.4 Å². The van der Waals surface area contributed by atoms with E-state index in [1.54, 1.807) is 0 Å². The first kappa shape index (κ1) is 13.2. The van der Waals surface area contributed by atoms with E-state index in [1.165, 1.54) is 5.56 Å². The molecule has 16 heavy (non-hydrogen) atoms. The number of aromatic nitrogens is 2. The molecule has 1 aromatic heterocycles. The highest BCUT2D eigenvalue weighted by Gasteiger charge is 1.98.